The van der Waals surface area contributed by atoms with Crippen LogP contribution in [0.5, 0.6) is 0 Å². The number of hydrogen-bond donors (Lipinski definition) is 3. The second-order valence-corrected chi connectivity index (χ2v) is 9.67. The number of nitrogens with two attached hydrogens (primary N) is 2. The zero-order valence-electron chi connectivity index (χ0n) is 18.9. The summed E-state index contributed by atoms with van der Waals surface area (Å²) in [6, 6.07) is 17.1. The smallest absolute Gasteiger partial charge is 0.267 e. The number of anilines is 3. The van der Waals surface area contributed by atoms with E-state index in [0.29, 0.717) is 28.4 Å². The summed E-state index contributed by atoms with van der Waals surface area (Å²) in [5.41, 5.74) is 13.2. The number of nitrogens with zero attached hydrogens (tertiary/aromatic N) is 3. The molecule has 9 nitrogen and oxygen atoms in total. The van der Waals surface area contributed by atoms with Crippen molar-refractivity contribution in [3.63, 3.8) is 0 Å². The Bertz CT molecular complexity index is 1840. The summed E-state index contributed by atoms with van der Waals surface area (Å²) in [4.78, 5) is 20.9. The quantitative estimate of drug-likeness (QED) is 0.320. The molecule has 37 heavy (non-hydrogen) atoms. The third-order valence-corrected chi connectivity index (χ3v) is 6.99. The third-order valence-electron chi connectivity index (χ3n) is 5.59. The number of aromatic nitrogens is 3. The Balaban J connectivity index is 1.58. The molecule has 5 N–H and O–H groups in total. The first-order valence-corrected chi connectivity index (χ1v) is 12.2. The molecule has 0 radical (unpaired) electrons. The van der Waals surface area contributed by atoms with Crippen LogP contribution in [0.3, 0.4) is 0 Å². The molecule has 0 spiro atoms. The van der Waals surface area contributed by atoms with Crippen LogP contribution >= 0.6 is 0 Å². The highest BCUT2D eigenvalue weighted by molar-refractivity contribution is 7.92. The molecule has 12 heteroatoms. The maximum absolute atomic E-state index is 14.1. The molecule has 0 unspecified atom stereocenters. The number of fused-ring (bicyclic) bond motifs is 1. The molecule has 0 aliphatic carbocycles. The summed E-state index contributed by atoms with van der Waals surface area (Å²) in [7, 11) is -4.45. The molecule has 5 aromatic rings. The average Bonchev–Trinajstić information content (AvgIpc) is 2.85. The van der Waals surface area contributed by atoms with E-state index in [0.717, 1.165) is 12.1 Å². The van der Waals surface area contributed by atoms with Gasteiger partial charge in [0.15, 0.2) is 0 Å². The molecule has 3 aromatic carbocycles. The fourth-order valence-electron chi connectivity index (χ4n) is 3.82. The molecule has 2 heterocycles. The first-order chi connectivity index (χ1) is 17.6. The van der Waals surface area contributed by atoms with Gasteiger partial charge >= 0.3 is 0 Å². The van der Waals surface area contributed by atoms with E-state index >= 15 is 0 Å². The van der Waals surface area contributed by atoms with Gasteiger partial charge in [0.05, 0.1) is 22.3 Å². The topological polar surface area (TPSA) is 146 Å². The Morgan fingerprint density at radius 2 is 1.65 bits per heavy atom. The van der Waals surface area contributed by atoms with Crippen LogP contribution in [0.25, 0.3) is 27.7 Å². The zero-order chi connectivity index (χ0) is 26.3. The lowest BCUT2D eigenvalue weighted by atomic mass is 10.0. The third kappa shape index (κ3) is 4.45. The first-order valence-electron chi connectivity index (χ1n) is 10.8. The Kier molecular flexibility index (Phi) is 5.80. The molecular weight excluding hydrogens is 502 g/mol. The van der Waals surface area contributed by atoms with Gasteiger partial charge in [0, 0.05) is 17.8 Å². The number of nitrogens with one attached hydrogen (secondary N) is 1. The lowest BCUT2D eigenvalue weighted by Gasteiger charge is -2.13. The minimum Gasteiger partial charge on any atom is -0.382 e. The van der Waals surface area contributed by atoms with Gasteiger partial charge in [-0.25, -0.2) is 31.7 Å². The fraction of sp³-hybridized carbons (Fsp3) is 0. The first kappa shape index (κ1) is 23.9. The van der Waals surface area contributed by atoms with Crippen LogP contribution in [-0.2, 0) is 10.0 Å². The van der Waals surface area contributed by atoms with Crippen LogP contribution in [0, 0.1) is 11.6 Å². The average molecular weight is 521 g/mol. The van der Waals surface area contributed by atoms with E-state index in [9.17, 15) is 22.0 Å². The van der Waals surface area contributed by atoms with Crippen molar-refractivity contribution in [3.05, 3.63) is 101 Å². The van der Waals surface area contributed by atoms with Gasteiger partial charge < -0.3 is 11.5 Å². The largest absolute Gasteiger partial charge is 0.382 e. The van der Waals surface area contributed by atoms with Crippen molar-refractivity contribution in [1.82, 2.24) is 14.5 Å². The van der Waals surface area contributed by atoms with Crippen molar-refractivity contribution in [2.75, 3.05) is 16.2 Å². The summed E-state index contributed by atoms with van der Waals surface area (Å²) < 4.78 is 56.3. The molecule has 5 rings (SSSR count). The van der Waals surface area contributed by atoms with E-state index in [1.165, 1.54) is 16.8 Å². The molecule has 0 bridgehead atoms. The van der Waals surface area contributed by atoms with Crippen LogP contribution in [0.2, 0.25) is 0 Å². The van der Waals surface area contributed by atoms with Crippen molar-refractivity contribution in [2.24, 2.45) is 0 Å². The molecule has 0 fully saturated rings. The Hall–Kier alpha value is -4.84. The van der Waals surface area contributed by atoms with Crippen molar-refractivity contribution in [3.8, 4) is 16.8 Å². The minimum atomic E-state index is -4.45. The van der Waals surface area contributed by atoms with E-state index in [4.69, 9.17) is 11.5 Å². The van der Waals surface area contributed by atoms with E-state index in [1.807, 2.05) is 6.07 Å². The van der Waals surface area contributed by atoms with Gasteiger partial charge in [-0.05, 0) is 48.0 Å². The van der Waals surface area contributed by atoms with Gasteiger partial charge in [-0.3, -0.25) is 9.52 Å². The van der Waals surface area contributed by atoms with E-state index in [2.05, 4.69) is 14.7 Å². The van der Waals surface area contributed by atoms with Gasteiger partial charge in [0.2, 0.25) is 5.95 Å². The van der Waals surface area contributed by atoms with E-state index in [-0.39, 0.29) is 22.8 Å². The lowest BCUT2D eigenvalue weighted by molar-refractivity contribution is 0.551. The standard InChI is InChI=1S/C25H18F2N6O3S/c26-16-7-9-22(19(27)12-16)37(35,36)32-21-11-15(13-30-23(21)28)14-6-8-20-18(10-14)24(34)33(25(29)31-20)17-4-2-1-3-5-17/h1-13,32H,(H2,28,30)(H2,29,31). The van der Waals surface area contributed by atoms with E-state index < -0.39 is 32.1 Å². The number of halogens is 2. The van der Waals surface area contributed by atoms with Crippen LogP contribution in [0.15, 0.2) is 88.7 Å². The van der Waals surface area contributed by atoms with Crippen LogP contribution in [-0.4, -0.2) is 23.0 Å². The van der Waals surface area contributed by atoms with Crippen LogP contribution in [0.1, 0.15) is 0 Å². The van der Waals surface area contributed by atoms with Gasteiger partial charge in [-0.15, -0.1) is 0 Å². The summed E-state index contributed by atoms with van der Waals surface area (Å²) in [6.07, 6.45) is 1.40. The summed E-state index contributed by atoms with van der Waals surface area (Å²) >= 11 is 0. The van der Waals surface area contributed by atoms with Gasteiger partial charge in [0.1, 0.15) is 22.3 Å². The molecule has 0 atom stereocenters. The maximum Gasteiger partial charge on any atom is 0.267 e. The molecule has 0 aliphatic heterocycles. The van der Waals surface area contributed by atoms with Gasteiger partial charge in [-0.1, -0.05) is 24.3 Å². The monoisotopic (exact) mass is 520 g/mol. The second-order valence-electron chi connectivity index (χ2n) is 8.02. The number of nitrogen functional groups attached to an aromatic ring is 2. The minimum absolute atomic E-state index is 0.0234. The molecule has 0 saturated carbocycles. The molecule has 2 aromatic heterocycles. The second kappa shape index (κ2) is 8.99. The number of hydrogen-bond acceptors (Lipinski definition) is 7. The highest BCUT2D eigenvalue weighted by Gasteiger charge is 2.21. The summed E-state index contributed by atoms with van der Waals surface area (Å²) in [6.45, 7) is 0. The maximum atomic E-state index is 14.1. The number of benzene rings is 3. The van der Waals surface area contributed by atoms with Crippen LogP contribution in [0.4, 0.5) is 26.2 Å². The zero-order valence-corrected chi connectivity index (χ0v) is 19.7. The van der Waals surface area contributed by atoms with Crippen molar-refractivity contribution in [2.45, 2.75) is 4.90 Å². The van der Waals surface area contributed by atoms with Crippen molar-refractivity contribution < 1.29 is 17.2 Å². The predicted octanol–water partition coefficient (Wildman–Crippen LogP) is 3.69. The van der Waals surface area contributed by atoms with Crippen molar-refractivity contribution >= 4 is 38.4 Å². The van der Waals surface area contributed by atoms with Crippen LogP contribution < -0.4 is 21.7 Å². The highest BCUT2D eigenvalue weighted by atomic mass is 32.2. The molecule has 0 saturated heterocycles. The number of para-hydroxylation sites is 1. The highest BCUT2D eigenvalue weighted by Crippen LogP contribution is 2.29. The number of sulfonamides is 1. The molecule has 0 aliphatic rings. The Morgan fingerprint density at radius 3 is 2.38 bits per heavy atom. The number of rotatable bonds is 5. The number of pyridine rings is 1. The normalized spacial score (nSPS) is 11.5. The van der Waals surface area contributed by atoms with E-state index in [1.54, 1.807) is 42.5 Å². The Labute approximate surface area is 209 Å². The van der Waals surface area contributed by atoms with Gasteiger partial charge in [-0.2, -0.15) is 0 Å². The summed E-state index contributed by atoms with van der Waals surface area (Å²) in [5, 5.41) is 0.267. The Morgan fingerprint density at radius 1 is 0.892 bits per heavy atom. The van der Waals surface area contributed by atoms with Gasteiger partial charge in [0.25, 0.3) is 15.6 Å². The summed E-state index contributed by atoms with van der Waals surface area (Å²) in [5.74, 6) is -2.32. The van der Waals surface area contributed by atoms with Crippen molar-refractivity contribution in [1.29, 1.82) is 0 Å². The lowest BCUT2D eigenvalue weighted by Crippen LogP contribution is -2.23. The molecule has 186 valence electrons. The SMILES string of the molecule is Nc1ncc(-c2ccc3nc(N)n(-c4ccccc4)c(=O)c3c2)cc1NS(=O)(=O)c1ccc(F)cc1F. The molecular formula is C25H18F2N6O3S. The molecule has 0 amide bonds. The fourth-order valence-corrected chi connectivity index (χ4v) is 4.94. The predicted molar refractivity (Wildman–Crippen MR) is 137 cm³/mol.